The molecule has 4 rings (SSSR count). The van der Waals surface area contributed by atoms with E-state index in [0.29, 0.717) is 0 Å². The number of phenolic OH excluding ortho intramolecular Hbond substituents is 1. The van der Waals surface area contributed by atoms with Crippen molar-refractivity contribution >= 4 is 85.2 Å². The molecule has 0 radical (unpaired) electrons. The van der Waals surface area contributed by atoms with Gasteiger partial charge >= 0.3 is 148 Å². The molecule has 0 heterocycles. The Labute approximate surface area is 462 Å². The van der Waals surface area contributed by atoms with Crippen molar-refractivity contribution in [1.82, 2.24) is 0 Å². The molecule has 0 unspecified atom stereocenters. The summed E-state index contributed by atoms with van der Waals surface area (Å²) < 4.78 is 165. The average Bonchev–Trinajstić information content (AvgIpc) is 3.08. The van der Waals surface area contributed by atoms with Gasteiger partial charge in [0.05, 0.1) is 31.5 Å². The number of methoxy groups -OCH3 is 2. The van der Waals surface area contributed by atoms with Crippen LogP contribution in [0.25, 0.3) is 6.08 Å². The average molecular weight is 995 g/mol. The van der Waals surface area contributed by atoms with E-state index >= 15 is 0 Å². The van der Waals surface area contributed by atoms with E-state index in [0.717, 1.165) is 30.3 Å². The van der Waals surface area contributed by atoms with Crippen molar-refractivity contribution in [3.63, 3.8) is 0 Å². The second-order valence-corrected chi connectivity index (χ2v) is 17.8. The molecule has 0 bridgehead atoms. The number of aromatic hydroxyl groups is 1. The Bertz CT molecular complexity index is 2700. The Hall–Kier alpha value is 0.0900. The van der Waals surface area contributed by atoms with E-state index in [9.17, 15) is 47.9 Å². The molecule has 4 N–H and O–H groups in total. The smallest absolute Gasteiger partial charge is 0.744 e. The van der Waals surface area contributed by atoms with Gasteiger partial charge in [0.1, 0.15) is 53.5 Å². The number of sulfone groups is 2. The molecule has 3 aromatic carbocycles. The molecule has 0 aromatic heterocycles. The van der Waals surface area contributed by atoms with Crippen LogP contribution in [0.1, 0.15) is 11.1 Å². The second kappa shape index (κ2) is 27.0. The Balaban J connectivity index is -0.00000317. The molecule has 0 aliphatic heterocycles. The SMILES string of the molecule is O=S(=O)([O-])O.[CH2-]CS(=O)(=O)c1cc(OC)c(N/N=C2/[C-]=Cc3cc(S(=O)(=O)[O-])c(N=Nc4[c-]cc(S(=O)(=O)CCOS(=O)(=O)[O-])cc4)c(O)c3C2=N)cc1OC.[Na+].[Na+].[Na+].[Na+].[Na+]. The number of nitrogens with zero attached hydrogens (tertiary/aromatic N) is 3. The number of hydrogen-bond acceptors (Lipinski definition) is 22. The van der Waals surface area contributed by atoms with Crippen molar-refractivity contribution < 1.29 is 227 Å². The first-order valence-corrected chi connectivity index (χ1v) is 21.7. The second-order valence-electron chi connectivity index (χ2n) is 10.3. The van der Waals surface area contributed by atoms with Gasteiger partial charge in [-0.25, -0.2) is 47.2 Å². The van der Waals surface area contributed by atoms with Gasteiger partial charge < -0.3 is 40.6 Å². The van der Waals surface area contributed by atoms with E-state index in [-0.39, 0.29) is 197 Å². The summed E-state index contributed by atoms with van der Waals surface area (Å²) in [7, 11) is -20.8. The largest absolute Gasteiger partial charge is 1.00 e. The van der Waals surface area contributed by atoms with Crippen molar-refractivity contribution in [2.24, 2.45) is 15.3 Å². The summed E-state index contributed by atoms with van der Waals surface area (Å²) in [6, 6.07) is 8.69. The monoisotopic (exact) mass is 994 g/mol. The summed E-state index contributed by atoms with van der Waals surface area (Å²) in [4.78, 5) is -1.59. The summed E-state index contributed by atoms with van der Waals surface area (Å²) in [6.07, 6.45) is 3.75. The maximum Gasteiger partial charge on any atom is 1.00 e. The van der Waals surface area contributed by atoms with Gasteiger partial charge in [-0.1, -0.05) is 17.4 Å². The fourth-order valence-corrected chi connectivity index (χ4v) is 7.34. The Morgan fingerprint density at radius 2 is 1.41 bits per heavy atom. The molecule has 3 aromatic rings. The quantitative estimate of drug-likeness (QED) is 0.0291. The van der Waals surface area contributed by atoms with E-state index in [2.05, 4.69) is 44.0 Å². The van der Waals surface area contributed by atoms with Crippen molar-refractivity contribution in [2.75, 3.05) is 37.8 Å². The van der Waals surface area contributed by atoms with Gasteiger partial charge in [0.25, 0.3) is 0 Å². The van der Waals surface area contributed by atoms with Crippen LogP contribution >= 0.6 is 0 Å². The molecule has 33 heteroatoms. The van der Waals surface area contributed by atoms with E-state index in [1.54, 1.807) is 0 Å². The zero-order chi connectivity index (χ0) is 42.4. The zero-order valence-electron chi connectivity index (χ0n) is 33.2. The number of hydrazone groups is 1. The minimum absolute atomic E-state index is 0. The van der Waals surface area contributed by atoms with Crippen LogP contribution in [0.3, 0.4) is 0 Å². The van der Waals surface area contributed by atoms with Gasteiger partial charge in [-0.3, -0.25) is 14.2 Å². The fraction of sp³-hybridized carbons (Fsp3) is 0.179. The predicted octanol–water partition coefficient (Wildman–Crippen LogP) is -13.9. The molecule has 0 fully saturated rings. The maximum atomic E-state index is 12.5. The van der Waals surface area contributed by atoms with E-state index in [4.69, 9.17) is 32.4 Å². The number of ether oxygens (including phenoxy) is 2. The minimum atomic E-state index is -5.31. The fourth-order valence-electron chi connectivity index (χ4n) is 4.29. The van der Waals surface area contributed by atoms with E-state index < -0.39 is 90.7 Å². The van der Waals surface area contributed by atoms with Crippen molar-refractivity contribution in [1.29, 1.82) is 5.41 Å². The number of nitrogens with one attached hydrogen (secondary N) is 2. The third-order valence-electron chi connectivity index (χ3n) is 6.73. The van der Waals surface area contributed by atoms with Crippen LogP contribution in [0.4, 0.5) is 17.1 Å². The molecule has 61 heavy (non-hydrogen) atoms. The van der Waals surface area contributed by atoms with Gasteiger partial charge in [0.15, 0.2) is 9.84 Å². The Kier molecular flexibility index (Phi) is 29.0. The number of azo groups is 1. The number of allylic oxidation sites excluding steroid dienone is 1. The standard InChI is InChI=1S/C28H26N5O14S4.5Na.H2O4S/c1-4-48(35,36)23-15-21(45-2)20(14-22(23)46-3)32-31-19-10-5-16-13-24(50(39,40)41)27(28(34)25(16)26(19)29)33-30-17-6-8-18(9-7-17)49(37,38)12-11-47-51(42,43)44;;;;;;1-5(2,3)4/h5-6,8-9,13-15,29,32,34H,1,4,11-12H2,2-3H3,(H,39,40,41)(H,42,43,44);;;;;;(H2,1,2,3,4)/q-3;5*+1;/p-3/b29-26?,31-19-,33-30?;;;;;;. The van der Waals surface area contributed by atoms with E-state index in [1.165, 1.54) is 26.4 Å². The molecular formula is C28H25N5Na5O18S5-. The van der Waals surface area contributed by atoms with Crippen molar-refractivity contribution in [3.05, 3.63) is 66.6 Å². The first-order valence-electron chi connectivity index (χ1n) is 14.3. The molecule has 0 atom stereocenters. The Morgan fingerprint density at radius 3 is 1.89 bits per heavy atom. The molecule has 0 amide bonds. The molecule has 0 spiro atoms. The van der Waals surface area contributed by atoms with Gasteiger partial charge in [-0.2, -0.15) is 35.5 Å². The molecule has 1 aliphatic rings. The number of benzene rings is 3. The number of hydrogen-bond donors (Lipinski definition) is 4. The third-order valence-corrected chi connectivity index (χ3v) is 11.2. The summed E-state index contributed by atoms with van der Waals surface area (Å²) in [5.74, 6) is -2.35. The summed E-state index contributed by atoms with van der Waals surface area (Å²) >= 11 is 0. The van der Waals surface area contributed by atoms with Crippen LogP contribution in [-0.2, 0) is 54.8 Å². The van der Waals surface area contributed by atoms with Gasteiger partial charge in [-0.05, 0) is 22.0 Å². The van der Waals surface area contributed by atoms with Crippen LogP contribution in [0.5, 0.6) is 17.2 Å². The maximum absolute atomic E-state index is 12.5. The van der Waals surface area contributed by atoms with Crippen LogP contribution in [0.15, 0.2) is 66.4 Å². The van der Waals surface area contributed by atoms with Crippen LogP contribution in [0, 0.1) is 24.5 Å². The van der Waals surface area contributed by atoms with E-state index in [1.807, 2.05) is 0 Å². The van der Waals surface area contributed by atoms with Crippen LogP contribution in [0.2, 0.25) is 0 Å². The van der Waals surface area contributed by atoms with Gasteiger partial charge in [-0.15, -0.1) is 16.7 Å². The first kappa shape index (κ1) is 65.4. The molecule has 0 saturated carbocycles. The molecule has 306 valence electrons. The predicted molar refractivity (Wildman–Crippen MR) is 188 cm³/mol. The summed E-state index contributed by atoms with van der Waals surface area (Å²) in [6.45, 7) is 2.47. The summed E-state index contributed by atoms with van der Waals surface area (Å²) in [5, 5.41) is 31.2. The topological polar surface area (TPSA) is 381 Å². The van der Waals surface area contributed by atoms with Gasteiger partial charge in [0.2, 0.25) is 20.8 Å². The summed E-state index contributed by atoms with van der Waals surface area (Å²) in [5.41, 5.74) is 0.377. The van der Waals surface area contributed by atoms with Crippen LogP contribution in [-0.4, -0.2) is 109 Å². The number of fused-ring (bicyclic) bond motifs is 1. The number of anilines is 1. The normalized spacial score (nSPS) is 13.1. The number of rotatable bonds is 14. The van der Waals surface area contributed by atoms with Crippen molar-refractivity contribution in [3.8, 4) is 17.2 Å². The minimum Gasteiger partial charge on any atom is -0.744 e. The molecule has 23 nitrogen and oxygen atoms in total. The zero-order valence-corrected chi connectivity index (χ0v) is 47.3. The van der Waals surface area contributed by atoms with Gasteiger partial charge in [0, 0.05) is 12.1 Å². The first-order chi connectivity index (χ1) is 25.7. The molecule has 0 saturated heterocycles. The molecular weight excluding hydrogens is 970 g/mol. The molecule has 1 aliphatic carbocycles. The third kappa shape index (κ3) is 19.5. The van der Waals surface area contributed by atoms with Crippen molar-refractivity contribution in [2.45, 2.75) is 14.7 Å². The van der Waals surface area contributed by atoms with Crippen LogP contribution < -0.4 is 163 Å². The Morgan fingerprint density at radius 1 is 0.836 bits per heavy atom. The number of phenols is 1.